The zero-order valence-corrected chi connectivity index (χ0v) is 14.4. The van der Waals surface area contributed by atoms with E-state index in [0.717, 1.165) is 12.8 Å². The van der Waals surface area contributed by atoms with E-state index in [4.69, 9.17) is 4.74 Å². The fourth-order valence-electron chi connectivity index (χ4n) is 2.63. The number of carbonyl (C=O) groups excluding carboxylic acids is 3. The molecule has 1 aliphatic carbocycles. The standard InChI is InChI=1S/C18H23FN2O4/c1-11(22)20-15(9-13-5-7-14(19)8-6-13)17(23)21-16(18(24)25-2)10-12-3-4-12/h5-8,12,15-16H,3-4,9-10H2,1-2H3,(H,20,22)(H,21,23)/t15-,16+/m0/s1. The fourth-order valence-corrected chi connectivity index (χ4v) is 2.63. The van der Waals surface area contributed by atoms with Crippen LogP contribution in [0.2, 0.25) is 0 Å². The van der Waals surface area contributed by atoms with Crippen molar-refractivity contribution < 1.29 is 23.5 Å². The second-order valence-electron chi connectivity index (χ2n) is 6.35. The molecule has 2 rings (SSSR count). The maximum absolute atomic E-state index is 13.0. The molecule has 0 radical (unpaired) electrons. The van der Waals surface area contributed by atoms with Crippen LogP contribution in [0.3, 0.4) is 0 Å². The van der Waals surface area contributed by atoms with Gasteiger partial charge in [-0.05, 0) is 30.0 Å². The van der Waals surface area contributed by atoms with Crippen LogP contribution in [-0.2, 0) is 25.5 Å². The molecule has 0 saturated heterocycles. The summed E-state index contributed by atoms with van der Waals surface area (Å²) in [6.45, 7) is 1.31. The molecule has 0 aliphatic heterocycles. The van der Waals surface area contributed by atoms with E-state index in [9.17, 15) is 18.8 Å². The number of ether oxygens (including phenoxy) is 1. The molecule has 1 fully saturated rings. The number of benzene rings is 1. The zero-order valence-electron chi connectivity index (χ0n) is 14.4. The van der Waals surface area contributed by atoms with Gasteiger partial charge in [-0.1, -0.05) is 25.0 Å². The monoisotopic (exact) mass is 350 g/mol. The van der Waals surface area contributed by atoms with Crippen LogP contribution in [0.4, 0.5) is 4.39 Å². The zero-order chi connectivity index (χ0) is 18.4. The number of hydrogen-bond donors (Lipinski definition) is 2. The molecule has 0 bridgehead atoms. The predicted molar refractivity (Wildman–Crippen MR) is 89.0 cm³/mol. The number of rotatable bonds is 8. The second kappa shape index (κ2) is 8.60. The summed E-state index contributed by atoms with van der Waals surface area (Å²) in [5.41, 5.74) is 0.701. The van der Waals surface area contributed by atoms with Crippen LogP contribution in [0.15, 0.2) is 24.3 Å². The highest BCUT2D eigenvalue weighted by Crippen LogP contribution is 2.33. The van der Waals surface area contributed by atoms with E-state index in [2.05, 4.69) is 10.6 Å². The Hall–Kier alpha value is -2.44. The normalized spacial score (nSPS) is 15.8. The third-order valence-electron chi connectivity index (χ3n) is 4.12. The van der Waals surface area contributed by atoms with Crippen molar-refractivity contribution in [1.82, 2.24) is 10.6 Å². The molecular formula is C18H23FN2O4. The molecule has 0 heterocycles. The maximum atomic E-state index is 13.0. The Bertz CT molecular complexity index is 628. The molecule has 2 N–H and O–H groups in total. The average Bonchev–Trinajstić information content (AvgIpc) is 3.38. The quantitative estimate of drug-likeness (QED) is 0.693. The van der Waals surface area contributed by atoms with Crippen LogP contribution in [0, 0.1) is 11.7 Å². The van der Waals surface area contributed by atoms with Crippen molar-refractivity contribution in [1.29, 1.82) is 0 Å². The molecular weight excluding hydrogens is 327 g/mol. The van der Waals surface area contributed by atoms with E-state index in [1.54, 1.807) is 12.1 Å². The van der Waals surface area contributed by atoms with Crippen molar-refractivity contribution >= 4 is 17.8 Å². The van der Waals surface area contributed by atoms with Crippen LogP contribution in [0.1, 0.15) is 31.7 Å². The minimum atomic E-state index is -0.852. The molecule has 7 heteroatoms. The molecule has 1 aliphatic rings. The largest absolute Gasteiger partial charge is 0.467 e. The number of esters is 1. The third kappa shape index (κ3) is 6.17. The predicted octanol–water partition coefficient (Wildman–Crippen LogP) is 1.33. The number of methoxy groups -OCH3 is 1. The van der Waals surface area contributed by atoms with Gasteiger partial charge in [-0.15, -0.1) is 0 Å². The summed E-state index contributed by atoms with van der Waals surface area (Å²) in [7, 11) is 1.28. The van der Waals surface area contributed by atoms with E-state index in [1.807, 2.05) is 0 Å². The van der Waals surface area contributed by atoms with Gasteiger partial charge in [0.1, 0.15) is 17.9 Å². The lowest BCUT2D eigenvalue weighted by atomic mass is 10.0. The maximum Gasteiger partial charge on any atom is 0.328 e. The minimum Gasteiger partial charge on any atom is -0.467 e. The summed E-state index contributed by atoms with van der Waals surface area (Å²) in [6, 6.07) is 4.12. The van der Waals surface area contributed by atoms with Gasteiger partial charge >= 0.3 is 5.97 Å². The Morgan fingerprint density at radius 2 is 1.80 bits per heavy atom. The summed E-state index contributed by atoms with van der Waals surface area (Å²) >= 11 is 0. The first kappa shape index (κ1) is 18.9. The van der Waals surface area contributed by atoms with Crippen molar-refractivity contribution in [2.75, 3.05) is 7.11 Å². The Morgan fingerprint density at radius 3 is 2.32 bits per heavy atom. The first-order chi connectivity index (χ1) is 11.9. The Morgan fingerprint density at radius 1 is 1.16 bits per heavy atom. The summed E-state index contributed by atoms with van der Waals surface area (Å²) in [5, 5.41) is 5.25. The lowest BCUT2D eigenvalue weighted by Crippen LogP contribution is -2.52. The number of amides is 2. The molecule has 6 nitrogen and oxygen atoms in total. The van der Waals surface area contributed by atoms with Gasteiger partial charge < -0.3 is 15.4 Å². The van der Waals surface area contributed by atoms with Gasteiger partial charge in [-0.25, -0.2) is 9.18 Å². The molecule has 25 heavy (non-hydrogen) atoms. The highest BCUT2D eigenvalue weighted by atomic mass is 19.1. The molecule has 1 saturated carbocycles. The Balaban J connectivity index is 2.05. The lowest BCUT2D eigenvalue weighted by Gasteiger charge is -2.22. The van der Waals surface area contributed by atoms with Gasteiger partial charge in [0.2, 0.25) is 11.8 Å². The first-order valence-corrected chi connectivity index (χ1v) is 8.28. The van der Waals surface area contributed by atoms with E-state index in [-0.39, 0.29) is 18.1 Å². The van der Waals surface area contributed by atoms with Gasteiger partial charge in [0.25, 0.3) is 0 Å². The van der Waals surface area contributed by atoms with E-state index >= 15 is 0 Å². The summed E-state index contributed by atoms with van der Waals surface area (Å²) in [4.78, 5) is 35.9. The van der Waals surface area contributed by atoms with Crippen LogP contribution < -0.4 is 10.6 Å². The molecule has 0 spiro atoms. The van der Waals surface area contributed by atoms with Crippen LogP contribution in [0.25, 0.3) is 0 Å². The van der Waals surface area contributed by atoms with Crippen molar-refractivity contribution in [2.24, 2.45) is 5.92 Å². The van der Waals surface area contributed by atoms with Crippen molar-refractivity contribution in [3.63, 3.8) is 0 Å². The number of hydrogen-bond acceptors (Lipinski definition) is 4. The highest BCUT2D eigenvalue weighted by Gasteiger charge is 2.32. The number of nitrogens with one attached hydrogen (secondary N) is 2. The molecule has 1 aromatic rings. The van der Waals surface area contributed by atoms with E-state index in [1.165, 1.54) is 26.2 Å². The lowest BCUT2D eigenvalue weighted by molar-refractivity contribution is -0.145. The van der Waals surface area contributed by atoms with Crippen molar-refractivity contribution in [3.8, 4) is 0 Å². The van der Waals surface area contributed by atoms with Crippen LogP contribution in [0.5, 0.6) is 0 Å². The van der Waals surface area contributed by atoms with Crippen LogP contribution >= 0.6 is 0 Å². The summed E-state index contributed by atoms with van der Waals surface area (Å²) in [5.74, 6) is -1.28. The van der Waals surface area contributed by atoms with Crippen molar-refractivity contribution in [2.45, 2.75) is 44.7 Å². The minimum absolute atomic E-state index is 0.197. The average molecular weight is 350 g/mol. The van der Waals surface area contributed by atoms with Gasteiger partial charge in [-0.3, -0.25) is 9.59 Å². The van der Waals surface area contributed by atoms with Crippen LogP contribution in [-0.4, -0.2) is 37.0 Å². The van der Waals surface area contributed by atoms with Crippen molar-refractivity contribution in [3.05, 3.63) is 35.6 Å². The smallest absolute Gasteiger partial charge is 0.328 e. The third-order valence-corrected chi connectivity index (χ3v) is 4.12. The highest BCUT2D eigenvalue weighted by molar-refractivity contribution is 5.90. The second-order valence-corrected chi connectivity index (χ2v) is 6.35. The van der Waals surface area contributed by atoms with Gasteiger partial charge in [0.15, 0.2) is 0 Å². The van der Waals surface area contributed by atoms with Gasteiger partial charge in [0, 0.05) is 13.3 Å². The Kier molecular flexibility index (Phi) is 6.50. The summed E-state index contributed by atoms with van der Waals surface area (Å²) in [6.07, 6.45) is 2.80. The number of halogens is 1. The fraction of sp³-hybridized carbons (Fsp3) is 0.500. The molecule has 2 amide bonds. The first-order valence-electron chi connectivity index (χ1n) is 8.28. The molecule has 0 unspecified atom stereocenters. The SMILES string of the molecule is COC(=O)[C@@H](CC1CC1)NC(=O)[C@H](Cc1ccc(F)cc1)NC(C)=O. The summed E-state index contributed by atoms with van der Waals surface area (Å²) < 4.78 is 17.8. The topological polar surface area (TPSA) is 84.5 Å². The van der Waals surface area contributed by atoms with E-state index in [0.29, 0.717) is 17.9 Å². The van der Waals surface area contributed by atoms with Gasteiger partial charge in [0.05, 0.1) is 7.11 Å². The van der Waals surface area contributed by atoms with Gasteiger partial charge in [-0.2, -0.15) is 0 Å². The molecule has 1 aromatic carbocycles. The van der Waals surface area contributed by atoms with E-state index < -0.39 is 24.0 Å². The molecule has 0 aromatic heterocycles. The number of carbonyl (C=O) groups is 3. The molecule has 2 atom stereocenters. The Labute approximate surface area is 146 Å². The molecule has 136 valence electrons.